The Balaban J connectivity index is 1.56. The number of aromatic amines is 1. The highest BCUT2D eigenvalue weighted by molar-refractivity contribution is 6.31. The quantitative estimate of drug-likeness (QED) is 0.0747. The molecular weight excluding hydrogens is 569 g/mol. The molecule has 0 amide bonds. The van der Waals surface area contributed by atoms with Crippen LogP contribution in [-0.2, 0) is 6.42 Å². The van der Waals surface area contributed by atoms with Crippen LogP contribution in [0.15, 0.2) is 53.5 Å². The lowest BCUT2D eigenvalue weighted by Gasteiger charge is -2.19. The van der Waals surface area contributed by atoms with Crippen molar-refractivity contribution in [3.63, 3.8) is 0 Å². The van der Waals surface area contributed by atoms with Gasteiger partial charge < -0.3 is 27.1 Å². The van der Waals surface area contributed by atoms with E-state index in [0.717, 1.165) is 18.4 Å². The lowest BCUT2D eigenvalue weighted by molar-refractivity contribution is 0.0983. The molecule has 0 saturated carbocycles. The van der Waals surface area contributed by atoms with Gasteiger partial charge in [0.15, 0.2) is 11.8 Å². The fourth-order valence-corrected chi connectivity index (χ4v) is 4.94. The molecule has 0 aliphatic heterocycles. The Bertz CT molecular complexity index is 1590. The second-order valence-electron chi connectivity index (χ2n) is 10.2. The van der Waals surface area contributed by atoms with Crippen LogP contribution in [0.25, 0.3) is 28.0 Å². The summed E-state index contributed by atoms with van der Waals surface area (Å²) in [6.45, 7) is 2.60. The summed E-state index contributed by atoms with van der Waals surface area (Å²) in [5.74, 6) is -0.758. The number of fused-ring (bicyclic) bond motifs is 1. The Labute approximate surface area is 246 Å². The van der Waals surface area contributed by atoms with Gasteiger partial charge in [0.2, 0.25) is 0 Å². The minimum absolute atomic E-state index is 0.00102. The van der Waals surface area contributed by atoms with E-state index < -0.39 is 24.0 Å². The number of nitrogens with two attached hydrogens (primary N) is 2. The van der Waals surface area contributed by atoms with Crippen LogP contribution >= 0.6 is 11.6 Å². The van der Waals surface area contributed by atoms with Gasteiger partial charge in [-0.2, -0.15) is 4.98 Å². The van der Waals surface area contributed by atoms with Crippen LogP contribution < -0.4 is 27.8 Å². The summed E-state index contributed by atoms with van der Waals surface area (Å²) in [5, 5.41) is 13.1. The van der Waals surface area contributed by atoms with Crippen molar-refractivity contribution in [3.8, 4) is 16.9 Å². The third-order valence-corrected chi connectivity index (χ3v) is 7.10. The van der Waals surface area contributed by atoms with E-state index in [0.29, 0.717) is 41.7 Å². The van der Waals surface area contributed by atoms with Gasteiger partial charge in [-0.3, -0.25) is 9.98 Å². The first-order valence-electron chi connectivity index (χ1n) is 13.6. The average Bonchev–Trinajstić information content (AvgIpc) is 3.34. The Morgan fingerprint density at radius 2 is 1.90 bits per heavy atom. The van der Waals surface area contributed by atoms with Gasteiger partial charge >= 0.3 is 5.69 Å². The highest BCUT2D eigenvalue weighted by Crippen LogP contribution is 2.31. The molecule has 4 aromatic rings. The molecule has 0 radical (unpaired) electrons. The standard InChI is InChI=1S/C29H34ClF3N8O/c1-16(34)4-2-5-17-12-21(24(31)22(30)13-17)23-14-19-15-41(29(42)40-27(19)39-23)20-8-6-18(7-9-20)25(26(32)33)37-10-3-11-38-28(35)36/h6-9,12-16,25-26,37H,2-5,10-11,34H2,1H3,(H4,35,36,38)(H,39,40,42)/t16-,25?/m0/s1. The first kappa shape index (κ1) is 31.1. The topological polar surface area (TPSA) is 151 Å². The molecule has 0 bridgehead atoms. The predicted octanol–water partition coefficient (Wildman–Crippen LogP) is 4.61. The fourth-order valence-electron chi connectivity index (χ4n) is 4.70. The van der Waals surface area contributed by atoms with Gasteiger partial charge in [-0.15, -0.1) is 0 Å². The van der Waals surface area contributed by atoms with Gasteiger partial charge in [-0.05, 0) is 80.6 Å². The van der Waals surface area contributed by atoms with Crippen LogP contribution in [0.2, 0.25) is 5.02 Å². The third kappa shape index (κ3) is 7.69. The maximum Gasteiger partial charge on any atom is 0.354 e. The molecule has 0 aliphatic rings. The summed E-state index contributed by atoms with van der Waals surface area (Å²) < 4.78 is 43.9. The van der Waals surface area contributed by atoms with E-state index in [1.54, 1.807) is 36.5 Å². The molecule has 9 nitrogen and oxygen atoms in total. The highest BCUT2D eigenvalue weighted by atomic mass is 35.5. The molecule has 1 unspecified atom stereocenters. The zero-order chi connectivity index (χ0) is 30.4. The van der Waals surface area contributed by atoms with Gasteiger partial charge in [0.05, 0.1) is 22.4 Å². The van der Waals surface area contributed by atoms with Gasteiger partial charge in [0, 0.05) is 29.7 Å². The molecular formula is C29H34ClF3N8O. The zero-order valence-corrected chi connectivity index (χ0v) is 23.8. The summed E-state index contributed by atoms with van der Waals surface area (Å²) in [6.07, 6.45) is 1.75. The Kier molecular flexibility index (Phi) is 10.3. The van der Waals surface area contributed by atoms with E-state index in [1.807, 2.05) is 6.92 Å². The molecule has 4 rings (SSSR count). The molecule has 2 aromatic heterocycles. The average molecular weight is 603 g/mol. The molecule has 42 heavy (non-hydrogen) atoms. The number of benzene rings is 2. The number of alkyl halides is 2. The van der Waals surface area contributed by atoms with Crippen LogP contribution in [0, 0.1) is 11.2 Å². The number of hydrogen-bond donors (Lipinski definition) is 6. The second-order valence-corrected chi connectivity index (χ2v) is 10.6. The minimum Gasteiger partial charge on any atom is -0.370 e. The van der Waals surface area contributed by atoms with Crippen molar-refractivity contribution in [2.45, 2.75) is 51.1 Å². The third-order valence-electron chi connectivity index (χ3n) is 6.83. The molecule has 8 N–H and O–H groups in total. The Morgan fingerprint density at radius 3 is 2.57 bits per heavy atom. The Hall–Kier alpha value is -3.87. The van der Waals surface area contributed by atoms with E-state index in [2.05, 4.69) is 20.6 Å². The predicted molar refractivity (Wildman–Crippen MR) is 160 cm³/mol. The molecule has 0 aliphatic carbocycles. The second kappa shape index (κ2) is 13.9. The number of nitrogens with one attached hydrogen (secondary N) is 4. The van der Waals surface area contributed by atoms with Crippen molar-refractivity contribution in [1.82, 2.24) is 25.2 Å². The number of H-pyrrole nitrogens is 1. The number of hydrogen-bond acceptors (Lipinski definition) is 5. The number of rotatable bonds is 13. The van der Waals surface area contributed by atoms with Crippen LogP contribution in [0.4, 0.5) is 13.2 Å². The zero-order valence-electron chi connectivity index (χ0n) is 23.1. The van der Waals surface area contributed by atoms with Crippen LogP contribution in [0.1, 0.15) is 43.4 Å². The molecule has 2 aromatic carbocycles. The number of guanidine groups is 1. The number of aryl methyl sites for hydroxylation is 1. The van der Waals surface area contributed by atoms with Crippen LogP contribution in [0.3, 0.4) is 0 Å². The maximum atomic E-state index is 15.0. The SMILES string of the molecule is C[C@H](N)CCCc1cc(Cl)c(F)c(-c2cc3cn(-c4ccc(C(NCCCNC(=N)N)C(F)F)cc4)c(=O)nc3[nH]2)c1. The van der Waals surface area contributed by atoms with Crippen molar-refractivity contribution < 1.29 is 13.2 Å². The van der Waals surface area contributed by atoms with Gasteiger partial charge in [-0.1, -0.05) is 23.7 Å². The minimum atomic E-state index is -2.66. The van der Waals surface area contributed by atoms with Crippen molar-refractivity contribution in [1.29, 1.82) is 5.41 Å². The molecule has 2 atom stereocenters. The number of nitrogens with zero attached hydrogens (tertiary/aromatic N) is 2. The summed E-state index contributed by atoms with van der Waals surface area (Å²) in [7, 11) is 0. The first-order valence-corrected chi connectivity index (χ1v) is 14.0. The largest absolute Gasteiger partial charge is 0.370 e. The van der Waals surface area contributed by atoms with E-state index in [1.165, 1.54) is 16.7 Å². The Morgan fingerprint density at radius 1 is 1.17 bits per heavy atom. The molecule has 224 valence electrons. The van der Waals surface area contributed by atoms with E-state index in [-0.39, 0.29) is 34.8 Å². The van der Waals surface area contributed by atoms with Crippen LogP contribution in [0.5, 0.6) is 0 Å². The molecule has 0 spiro atoms. The smallest absolute Gasteiger partial charge is 0.354 e. The summed E-state index contributed by atoms with van der Waals surface area (Å²) in [5.41, 5.74) is 13.1. The van der Waals surface area contributed by atoms with Gasteiger partial charge in [0.25, 0.3) is 6.43 Å². The van der Waals surface area contributed by atoms with Gasteiger partial charge in [0.1, 0.15) is 5.65 Å². The van der Waals surface area contributed by atoms with Crippen molar-refractivity contribution in [2.24, 2.45) is 11.5 Å². The van der Waals surface area contributed by atoms with Crippen molar-refractivity contribution in [2.75, 3.05) is 13.1 Å². The van der Waals surface area contributed by atoms with Crippen molar-refractivity contribution >= 4 is 28.6 Å². The first-order chi connectivity index (χ1) is 20.0. The fraction of sp³-hybridized carbons (Fsp3) is 0.345. The van der Waals surface area contributed by atoms with Gasteiger partial charge in [-0.25, -0.2) is 18.0 Å². The monoisotopic (exact) mass is 602 g/mol. The molecule has 2 heterocycles. The normalized spacial score (nSPS) is 13.0. The summed E-state index contributed by atoms with van der Waals surface area (Å²) in [6, 6.07) is 10.1. The summed E-state index contributed by atoms with van der Waals surface area (Å²) >= 11 is 6.20. The van der Waals surface area contributed by atoms with E-state index >= 15 is 4.39 Å². The van der Waals surface area contributed by atoms with E-state index in [4.69, 9.17) is 28.5 Å². The van der Waals surface area contributed by atoms with Crippen LogP contribution in [-0.4, -0.2) is 46.1 Å². The van der Waals surface area contributed by atoms with Crippen molar-refractivity contribution in [3.05, 3.63) is 81.1 Å². The summed E-state index contributed by atoms with van der Waals surface area (Å²) in [4.78, 5) is 20.0. The molecule has 0 fully saturated rings. The number of aromatic nitrogens is 3. The highest BCUT2D eigenvalue weighted by Gasteiger charge is 2.22. The molecule has 13 heteroatoms. The maximum absolute atomic E-state index is 15.0. The lowest BCUT2D eigenvalue weighted by atomic mass is 10.0. The van der Waals surface area contributed by atoms with E-state index in [9.17, 15) is 13.6 Å². The lowest BCUT2D eigenvalue weighted by Crippen LogP contribution is -2.34. The molecule has 0 saturated heterocycles. The number of halogens is 4.